The van der Waals surface area contributed by atoms with Gasteiger partial charge in [0.05, 0.1) is 17.1 Å². The molecule has 82 valence electrons. The molecule has 0 aliphatic rings. The van der Waals surface area contributed by atoms with Crippen molar-refractivity contribution in [1.29, 1.82) is 0 Å². The van der Waals surface area contributed by atoms with E-state index < -0.39 is 0 Å². The lowest BCUT2D eigenvalue weighted by molar-refractivity contribution is 1.11. The summed E-state index contributed by atoms with van der Waals surface area (Å²) in [6.07, 6.45) is 3.60. The van der Waals surface area contributed by atoms with Gasteiger partial charge in [0.1, 0.15) is 6.33 Å². The normalized spacial score (nSPS) is 10.4. The monoisotopic (exact) mass is 231 g/mol. The average Bonchev–Trinajstić information content (AvgIpc) is 2.33. The van der Waals surface area contributed by atoms with Gasteiger partial charge in [0, 0.05) is 10.5 Å². The van der Waals surface area contributed by atoms with Crippen molar-refractivity contribution in [3.05, 3.63) is 36.3 Å². The highest BCUT2D eigenvalue weighted by Crippen LogP contribution is 2.26. The summed E-state index contributed by atoms with van der Waals surface area (Å²) in [5, 5.41) is 0. The van der Waals surface area contributed by atoms with Crippen LogP contribution in [-0.4, -0.2) is 16.2 Å². The van der Waals surface area contributed by atoms with Crippen LogP contribution in [0.4, 0.5) is 5.69 Å². The molecular weight excluding hydrogens is 218 g/mol. The molecule has 1 aromatic heterocycles. The molecule has 1 aromatic carbocycles. The minimum atomic E-state index is 0.652. The van der Waals surface area contributed by atoms with Gasteiger partial charge in [0.2, 0.25) is 0 Å². The Hall–Kier alpha value is -1.55. The van der Waals surface area contributed by atoms with Crippen molar-refractivity contribution in [3.8, 4) is 11.3 Å². The minimum absolute atomic E-state index is 0.652. The van der Waals surface area contributed by atoms with Crippen molar-refractivity contribution >= 4 is 17.4 Å². The second-order valence-corrected chi connectivity index (χ2v) is 4.33. The van der Waals surface area contributed by atoms with Crippen LogP contribution in [0.15, 0.2) is 35.5 Å². The van der Waals surface area contributed by atoms with Crippen LogP contribution in [0.2, 0.25) is 0 Å². The van der Waals surface area contributed by atoms with Crippen molar-refractivity contribution in [2.45, 2.75) is 11.8 Å². The van der Waals surface area contributed by atoms with Gasteiger partial charge >= 0.3 is 0 Å². The Labute approximate surface area is 99.1 Å². The molecule has 16 heavy (non-hydrogen) atoms. The molecule has 0 saturated carbocycles. The number of aromatic nitrogens is 2. The van der Waals surface area contributed by atoms with Gasteiger partial charge in [0.15, 0.2) is 0 Å². The van der Waals surface area contributed by atoms with E-state index in [1.165, 1.54) is 4.90 Å². The molecule has 0 radical (unpaired) electrons. The number of hydrogen-bond acceptors (Lipinski definition) is 4. The van der Waals surface area contributed by atoms with Crippen LogP contribution in [-0.2, 0) is 0 Å². The third kappa shape index (κ3) is 2.02. The van der Waals surface area contributed by atoms with Gasteiger partial charge in [0.25, 0.3) is 0 Å². The van der Waals surface area contributed by atoms with Gasteiger partial charge in [-0.2, -0.15) is 0 Å². The Morgan fingerprint density at radius 3 is 2.44 bits per heavy atom. The van der Waals surface area contributed by atoms with Gasteiger partial charge in [-0.05, 0) is 25.3 Å². The first-order valence-corrected chi connectivity index (χ1v) is 6.16. The first-order chi connectivity index (χ1) is 7.72. The lowest BCUT2D eigenvalue weighted by Gasteiger charge is -2.06. The van der Waals surface area contributed by atoms with Crippen LogP contribution >= 0.6 is 11.8 Å². The maximum Gasteiger partial charge on any atom is 0.116 e. The van der Waals surface area contributed by atoms with Crippen LogP contribution in [0.5, 0.6) is 0 Å². The maximum atomic E-state index is 5.95. The molecule has 1 heterocycles. The number of rotatable bonds is 2. The molecule has 2 rings (SSSR count). The minimum Gasteiger partial charge on any atom is -0.395 e. The molecule has 0 saturated heterocycles. The first-order valence-electron chi connectivity index (χ1n) is 4.94. The van der Waals surface area contributed by atoms with Crippen molar-refractivity contribution < 1.29 is 0 Å². The number of nitrogens with zero attached hydrogens (tertiary/aromatic N) is 2. The standard InChI is InChI=1S/C12H13N3S/c1-8-11(13)12(15-7-14-8)9-3-5-10(16-2)6-4-9/h3-7H,13H2,1-2H3. The highest BCUT2D eigenvalue weighted by Gasteiger charge is 2.06. The molecule has 0 aliphatic heterocycles. The van der Waals surface area contributed by atoms with E-state index in [0.717, 1.165) is 17.0 Å². The van der Waals surface area contributed by atoms with Gasteiger partial charge < -0.3 is 5.73 Å². The molecule has 0 bridgehead atoms. The van der Waals surface area contributed by atoms with E-state index in [-0.39, 0.29) is 0 Å². The smallest absolute Gasteiger partial charge is 0.116 e. The summed E-state index contributed by atoms with van der Waals surface area (Å²) in [6.45, 7) is 1.89. The molecule has 4 heteroatoms. The van der Waals surface area contributed by atoms with E-state index in [1.807, 2.05) is 19.1 Å². The summed E-state index contributed by atoms with van der Waals surface area (Å²) in [4.78, 5) is 9.51. The van der Waals surface area contributed by atoms with E-state index in [9.17, 15) is 0 Å². The lowest BCUT2D eigenvalue weighted by Crippen LogP contribution is -1.98. The quantitative estimate of drug-likeness (QED) is 0.807. The third-order valence-electron chi connectivity index (χ3n) is 2.45. The van der Waals surface area contributed by atoms with Crippen LogP contribution in [0, 0.1) is 6.92 Å². The fraction of sp³-hybridized carbons (Fsp3) is 0.167. The highest BCUT2D eigenvalue weighted by atomic mass is 32.2. The Morgan fingerprint density at radius 2 is 1.81 bits per heavy atom. The third-order valence-corrected chi connectivity index (χ3v) is 3.19. The SMILES string of the molecule is CSc1ccc(-c2ncnc(C)c2N)cc1. The molecule has 0 amide bonds. The number of benzene rings is 1. The number of nitrogen functional groups attached to an aromatic ring is 1. The van der Waals surface area contributed by atoms with Crippen LogP contribution < -0.4 is 5.73 Å². The number of hydrogen-bond donors (Lipinski definition) is 1. The van der Waals surface area contributed by atoms with Crippen LogP contribution in [0.1, 0.15) is 5.69 Å². The van der Waals surface area contributed by atoms with E-state index in [4.69, 9.17) is 5.73 Å². The summed E-state index contributed by atoms with van der Waals surface area (Å²) in [5.41, 5.74) is 9.26. The molecule has 0 atom stereocenters. The Balaban J connectivity index is 2.46. The molecule has 0 unspecified atom stereocenters. The number of aryl methyl sites for hydroxylation is 1. The zero-order chi connectivity index (χ0) is 11.5. The Kier molecular flexibility index (Phi) is 3.10. The predicted octanol–water partition coefficient (Wildman–Crippen LogP) is 2.76. The fourth-order valence-electron chi connectivity index (χ4n) is 1.46. The number of thioether (sulfide) groups is 1. The second-order valence-electron chi connectivity index (χ2n) is 3.45. The number of anilines is 1. The highest BCUT2D eigenvalue weighted by molar-refractivity contribution is 7.98. The van der Waals surface area contributed by atoms with Crippen molar-refractivity contribution in [1.82, 2.24) is 9.97 Å². The molecule has 2 N–H and O–H groups in total. The van der Waals surface area contributed by atoms with Gasteiger partial charge in [-0.1, -0.05) is 12.1 Å². The lowest BCUT2D eigenvalue weighted by atomic mass is 10.1. The summed E-state index contributed by atoms with van der Waals surface area (Å²) >= 11 is 1.72. The zero-order valence-corrected chi connectivity index (χ0v) is 10.1. The van der Waals surface area contributed by atoms with Crippen molar-refractivity contribution in [2.24, 2.45) is 0 Å². The topological polar surface area (TPSA) is 51.8 Å². The van der Waals surface area contributed by atoms with E-state index in [1.54, 1.807) is 18.1 Å². The van der Waals surface area contributed by atoms with E-state index in [0.29, 0.717) is 5.69 Å². The Morgan fingerprint density at radius 1 is 1.12 bits per heavy atom. The first kappa shape index (κ1) is 11.0. The second kappa shape index (κ2) is 4.53. The summed E-state index contributed by atoms with van der Waals surface area (Å²) < 4.78 is 0. The fourth-order valence-corrected chi connectivity index (χ4v) is 1.87. The van der Waals surface area contributed by atoms with Crippen molar-refractivity contribution in [2.75, 3.05) is 12.0 Å². The molecule has 0 aliphatic carbocycles. The average molecular weight is 231 g/mol. The zero-order valence-electron chi connectivity index (χ0n) is 9.27. The summed E-state index contributed by atoms with van der Waals surface area (Å²) in [5.74, 6) is 0. The summed E-state index contributed by atoms with van der Waals surface area (Å²) in [6, 6.07) is 8.20. The van der Waals surface area contributed by atoms with Crippen molar-refractivity contribution in [3.63, 3.8) is 0 Å². The largest absolute Gasteiger partial charge is 0.395 e. The van der Waals surface area contributed by atoms with E-state index >= 15 is 0 Å². The van der Waals surface area contributed by atoms with Gasteiger partial charge in [-0.25, -0.2) is 9.97 Å². The predicted molar refractivity (Wildman–Crippen MR) is 68.4 cm³/mol. The number of nitrogens with two attached hydrogens (primary N) is 1. The Bertz CT molecular complexity index is 494. The van der Waals surface area contributed by atoms with Crippen LogP contribution in [0.25, 0.3) is 11.3 Å². The molecule has 0 spiro atoms. The van der Waals surface area contributed by atoms with Gasteiger partial charge in [-0.3, -0.25) is 0 Å². The molecular formula is C12H13N3S. The molecule has 0 fully saturated rings. The maximum absolute atomic E-state index is 5.95. The molecule has 3 nitrogen and oxygen atoms in total. The summed E-state index contributed by atoms with van der Waals surface area (Å²) in [7, 11) is 0. The van der Waals surface area contributed by atoms with Gasteiger partial charge in [-0.15, -0.1) is 11.8 Å². The van der Waals surface area contributed by atoms with Crippen LogP contribution in [0.3, 0.4) is 0 Å². The molecule has 2 aromatic rings. The van der Waals surface area contributed by atoms with E-state index in [2.05, 4.69) is 28.4 Å².